The molecule has 1 aliphatic rings. The third-order valence-corrected chi connectivity index (χ3v) is 3.43. The summed E-state index contributed by atoms with van der Waals surface area (Å²) in [6.07, 6.45) is 5.60. The Morgan fingerprint density at radius 2 is 1.89 bits per heavy atom. The van der Waals surface area contributed by atoms with Crippen molar-refractivity contribution in [2.75, 3.05) is 36.0 Å². The summed E-state index contributed by atoms with van der Waals surface area (Å²) in [5, 5.41) is 8.77. The van der Waals surface area contributed by atoms with Crippen LogP contribution >= 0.6 is 0 Å². The Hall–Kier alpha value is -2.48. The molecule has 0 amide bonds. The number of rotatable bonds is 2. The van der Waals surface area contributed by atoms with Gasteiger partial charge in [-0.15, -0.1) is 0 Å². The molecule has 1 N–H and O–H groups in total. The van der Waals surface area contributed by atoms with Crippen molar-refractivity contribution in [1.82, 2.24) is 9.97 Å². The number of aromatic nitrogens is 2. The normalized spacial score (nSPS) is 15.3. The van der Waals surface area contributed by atoms with Crippen LogP contribution in [0.4, 0.5) is 11.5 Å². The van der Waals surface area contributed by atoms with Crippen molar-refractivity contribution in [3.05, 3.63) is 42.4 Å². The molecule has 0 aromatic carbocycles. The molecule has 96 valence electrons. The SMILES string of the molecule is N#Cc1ccc(N2CCN(c3cc[nH]c3)CC2)nc1. The van der Waals surface area contributed by atoms with Gasteiger partial charge >= 0.3 is 0 Å². The van der Waals surface area contributed by atoms with Crippen LogP contribution in [-0.2, 0) is 0 Å². The number of piperazine rings is 1. The number of hydrogen-bond donors (Lipinski definition) is 1. The average Bonchev–Trinajstić information content (AvgIpc) is 3.02. The molecule has 5 nitrogen and oxygen atoms in total. The van der Waals surface area contributed by atoms with E-state index in [1.54, 1.807) is 6.20 Å². The van der Waals surface area contributed by atoms with Crippen LogP contribution < -0.4 is 9.80 Å². The number of anilines is 2. The quantitative estimate of drug-likeness (QED) is 0.883. The van der Waals surface area contributed by atoms with Crippen molar-refractivity contribution in [2.45, 2.75) is 0 Å². The molecule has 3 rings (SSSR count). The highest BCUT2D eigenvalue weighted by Crippen LogP contribution is 2.18. The number of nitrogens with zero attached hydrogens (tertiary/aromatic N) is 4. The summed E-state index contributed by atoms with van der Waals surface area (Å²) in [6, 6.07) is 7.92. The van der Waals surface area contributed by atoms with Gasteiger partial charge in [-0.3, -0.25) is 0 Å². The van der Waals surface area contributed by atoms with Crippen molar-refractivity contribution < 1.29 is 0 Å². The number of pyridine rings is 1. The zero-order chi connectivity index (χ0) is 13.1. The van der Waals surface area contributed by atoms with E-state index in [1.807, 2.05) is 24.5 Å². The molecule has 0 saturated carbocycles. The van der Waals surface area contributed by atoms with Crippen molar-refractivity contribution >= 4 is 11.5 Å². The van der Waals surface area contributed by atoms with Crippen LogP contribution in [0.1, 0.15) is 5.56 Å². The molecule has 1 aliphatic heterocycles. The smallest absolute Gasteiger partial charge is 0.128 e. The maximum atomic E-state index is 8.77. The lowest BCUT2D eigenvalue weighted by Gasteiger charge is -2.36. The summed E-state index contributed by atoms with van der Waals surface area (Å²) in [6.45, 7) is 3.87. The monoisotopic (exact) mass is 253 g/mol. The Balaban J connectivity index is 1.65. The predicted molar refractivity (Wildman–Crippen MR) is 74.2 cm³/mol. The Labute approximate surface area is 112 Å². The second kappa shape index (κ2) is 5.02. The first-order valence-corrected chi connectivity index (χ1v) is 6.35. The maximum absolute atomic E-state index is 8.77. The lowest BCUT2D eigenvalue weighted by molar-refractivity contribution is 0.648. The zero-order valence-electron chi connectivity index (χ0n) is 10.6. The van der Waals surface area contributed by atoms with Crippen molar-refractivity contribution in [2.24, 2.45) is 0 Å². The summed E-state index contributed by atoms with van der Waals surface area (Å²) >= 11 is 0. The van der Waals surface area contributed by atoms with E-state index in [4.69, 9.17) is 5.26 Å². The summed E-state index contributed by atoms with van der Waals surface area (Å²) < 4.78 is 0. The number of nitriles is 1. The molecule has 0 atom stereocenters. The van der Waals surface area contributed by atoms with Crippen molar-refractivity contribution in [3.8, 4) is 6.07 Å². The van der Waals surface area contributed by atoms with Gasteiger partial charge in [-0.1, -0.05) is 0 Å². The minimum absolute atomic E-state index is 0.606. The highest BCUT2D eigenvalue weighted by Gasteiger charge is 2.18. The summed E-state index contributed by atoms with van der Waals surface area (Å²) in [4.78, 5) is 12.0. The summed E-state index contributed by atoms with van der Waals surface area (Å²) in [5.41, 5.74) is 1.85. The van der Waals surface area contributed by atoms with E-state index in [2.05, 4.69) is 31.9 Å². The Morgan fingerprint density at radius 1 is 1.11 bits per heavy atom. The largest absolute Gasteiger partial charge is 0.367 e. The second-order valence-corrected chi connectivity index (χ2v) is 4.56. The van der Waals surface area contributed by atoms with Gasteiger partial charge < -0.3 is 14.8 Å². The molecule has 1 fully saturated rings. The summed E-state index contributed by atoms with van der Waals surface area (Å²) in [5.74, 6) is 0.952. The van der Waals surface area contributed by atoms with Gasteiger partial charge in [-0.05, 0) is 18.2 Å². The van der Waals surface area contributed by atoms with E-state index in [1.165, 1.54) is 5.69 Å². The van der Waals surface area contributed by atoms with Crippen molar-refractivity contribution in [1.29, 1.82) is 5.26 Å². The van der Waals surface area contributed by atoms with Gasteiger partial charge in [0, 0.05) is 44.8 Å². The number of nitrogens with one attached hydrogen (secondary N) is 1. The highest BCUT2D eigenvalue weighted by molar-refractivity contribution is 5.48. The van der Waals surface area contributed by atoms with Crippen LogP contribution in [0.3, 0.4) is 0 Å². The Bertz CT molecular complexity index is 559. The minimum atomic E-state index is 0.606. The number of hydrogen-bond acceptors (Lipinski definition) is 4. The average molecular weight is 253 g/mol. The van der Waals surface area contributed by atoms with Crippen LogP contribution in [-0.4, -0.2) is 36.1 Å². The van der Waals surface area contributed by atoms with Crippen LogP contribution in [0.5, 0.6) is 0 Å². The van der Waals surface area contributed by atoms with Crippen LogP contribution in [0.15, 0.2) is 36.8 Å². The van der Waals surface area contributed by atoms with Crippen LogP contribution in [0.2, 0.25) is 0 Å². The molecule has 0 radical (unpaired) electrons. The molecule has 5 heteroatoms. The van der Waals surface area contributed by atoms with Gasteiger partial charge in [0.15, 0.2) is 0 Å². The molecular formula is C14H15N5. The maximum Gasteiger partial charge on any atom is 0.128 e. The predicted octanol–water partition coefficient (Wildman–Crippen LogP) is 1.61. The molecule has 0 spiro atoms. The van der Waals surface area contributed by atoms with E-state index in [0.717, 1.165) is 32.0 Å². The Morgan fingerprint density at radius 3 is 2.47 bits per heavy atom. The van der Waals surface area contributed by atoms with Gasteiger partial charge in [0.25, 0.3) is 0 Å². The number of H-pyrrole nitrogens is 1. The molecular weight excluding hydrogens is 238 g/mol. The standard InChI is InChI=1S/C14H15N5/c15-9-12-1-2-14(17-10-12)19-7-5-18(6-8-19)13-3-4-16-11-13/h1-4,10-11,16H,5-8H2. The molecule has 1 saturated heterocycles. The van der Waals surface area contributed by atoms with Gasteiger partial charge in [-0.25, -0.2) is 4.98 Å². The first-order chi connectivity index (χ1) is 9.36. The van der Waals surface area contributed by atoms with E-state index in [9.17, 15) is 0 Å². The van der Waals surface area contributed by atoms with Gasteiger partial charge in [-0.2, -0.15) is 5.26 Å². The number of aromatic amines is 1. The van der Waals surface area contributed by atoms with Crippen LogP contribution in [0.25, 0.3) is 0 Å². The third-order valence-electron chi connectivity index (χ3n) is 3.43. The van der Waals surface area contributed by atoms with Gasteiger partial charge in [0.1, 0.15) is 11.9 Å². The van der Waals surface area contributed by atoms with Crippen LogP contribution in [0, 0.1) is 11.3 Å². The Kier molecular flexibility index (Phi) is 3.07. The van der Waals surface area contributed by atoms with E-state index in [0.29, 0.717) is 5.56 Å². The van der Waals surface area contributed by atoms with E-state index >= 15 is 0 Å². The minimum Gasteiger partial charge on any atom is -0.367 e. The zero-order valence-corrected chi connectivity index (χ0v) is 10.6. The molecule has 0 aliphatic carbocycles. The van der Waals surface area contributed by atoms with Gasteiger partial charge in [0.05, 0.1) is 11.3 Å². The fraction of sp³-hybridized carbons (Fsp3) is 0.286. The molecule has 2 aromatic heterocycles. The van der Waals surface area contributed by atoms with Gasteiger partial charge in [0.2, 0.25) is 0 Å². The van der Waals surface area contributed by atoms with E-state index < -0.39 is 0 Å². The van der Waals surface area contributed by atoms with E-state index in [-0.39, 0.29) is 0 Å². The van der Waals surface area contributed by atoms with Crippen molar-refractivity contribution in [3.63, 3.8) is 0 Å². The lowest BCUT2D eigenvalue weighted by atomic mass is 10.2. The molecule has 2 aromatic rings. The molecule has 0 unspecified atom stereocenters. The second-order valence-electron chi connectivity index (χ2n) is 4.56. The third kappa shape index (κ3) is 2.38. The molecule has 3 heterocycles. The first kappa shape index (κ1) is 11.6. The fourth-order valence-corrected chi connectivity index (χ4v) is 2.34. The highest BCUT2D eigenvalue weighted by atomic mass is 15.3. The lowest BCUT2D eigenvalue weighted by Crippen LogP contribution is -2.46. The molecule has 0 bridgehead atoms. The fourth-order valence-electron chi connectivity index (χ4n) is 2.34. The summed E-state index contributed by atoms with van der Waals surface area (Å²) in [7, 11) is 0. The topological polar surface area (TPSA) is 59.0 Å². The first-order valence-electron chi connectivity index (χ1n) is 6.35. The molecule has 19 heavy (non-hydrogen) atoms.